The molecule has 1 atom stereocenters. The van der Waals surface area contributed by atoms with Crippen molar-refractivity contribution in [2.24, 2.45) is 0 Å². The van der Waals surface area contributed by atoms with E-state index in [1.165, 1.54) is 0 Å². The van der Waals surface area contributed by atoms with E-state index in [0.29, 0.717) is 30.4 Å². The Morgan fingerprint density at radius 2 is 1.85 bits per heavy atom. The average Bonchev–Trinajstić information content (AvgIpc) is 3.39. The van der Waals surface area contributed by atoms with E-state index in [1.54, 1.807) is 17.1 Å². The van der Waals surface area contributed by atoms with Crippen LogP contribution >= 0.6 is 0 Å². The van der Waals surface area contributed by atoms with Gasteiger partial charge in [-0.2, -0.15) is 10.3 Å². The summed E-state index contributed by atoms with van der Waals surface area (Å²) < 4.78 is 1.73. The zero-order chi connectivity index (χ0) is 18.6. The molecule has 9 heteroatoms. The summed E-state index contributed by atoms with van der Waals surface area (Å²) in [6.45, 7) is 2.27. The second kappa shape index (κ2) is 7.42. The van der Waals surface area contributed by atoms with E-state index in [0.717, 1.165) is 16.7 Å². The number of hydrogen-bond donors (Lipinski definition) is 2. The summed E-state index contributed by atoms with van der Waals surface area (Å²) in [5, 5.41) is 29.1. The van der Waals surface area contributed by atoms with E-state index in [1.807, 2.05) is 43.3 Å². The topological polar surface area (TPSA) is 118 Å². The summed E-state index contributed by atoms with van der Waals surface area (Å²) in [6, 6.07) is 11.4. The zero-order valence-corrected chi connectivity index (χ0v) is 14.7. The first-order valence-electron chi connectivity index (χ1n) is 8.62. The van der Waals surface area contributed by atoms with Gasteiger partial charge in [-0.3, -0.25) is 4.98 Å². The molecule has 2 N–H and O–H groups in total. The fourth-order valence-electron chi connectivity index (χ4n) is 2.77. The molecule has 0 aliphatic heterocycles. The molecule has 0 spiro atoms. The molecule has 0 saturated carbocycles. The van der Waals surface area contributed by atoms with Gasteiger partial charge in [-0.15, -0.1) is 10.2 Å². The highest BCUT2D eigenvalue weighted by atomic mass is 16.3. The number of nitrogens with one attached hydrogen (secondary N) is 1. The predicted octanol–water partition coefficient (Wildman–Crippen LogP) is 1.96. The third-order valence-corrected chi connectivity index (χ3v) is 4.22. The van der Waals surface area contributed by atoms with Crippen LogP contribution in [0.15, 0.2) is 48.8 Å². The molecule has 0 saturated heterocycles. The Bertz CT molecular complexity index is 1010. The molecule has 0 aliphatic carbocycles. The van der Waals surface area contributed by atoms with Crippen molar-refractivity contribution in [2.45, 2.75) is 26.0 Å². The molecule has 4 aromatic rings. The van der Waals surface area contributed by atoms with Crippen LogP contribution in [0.5, 0.6) is 0 Å². The lowest BCUT2D eigenvalue weighted by Crippen LogP contribution is -2.17. The summed E-state index contributed by atoms with van der Waals surface area (Å²) in [7, 11) is 0. The minimum Gasteiger partial charge on any atom is -0.391 e. The summed E-state index contributed by atoms with van der Waals surface area (Å²) in [6.07, 6.45) is 3.50. The average molecular weight is 362 g/mol. The summed E-state index contributed by atoms with van der Waals surface area (Å²) >= 11 is 0. The maximum Gasteiger partial charge on any atom is 0.205 e. The molecule has 3 aromatic heterocycles. The van der Waals surface area contributed by atoms with Crippen molar-refractivity contribution in [1.29, 1.82) is 0 Å². The van der Waals surface area contributed by atoms with E-state index < -0.39 is 6.10 Å². The van der Waals surface area contributed by atoms with Crippen molar-refractivity contribution in [3.63, 3.8) is 0 Å². The highest BCUT2D eigenvalue weighted by molar-refractivity contribution is 5.77. The first-order chi connectivity index (χ1) is 13.3. The highest BCUT2D eigenvalue weighted by Crippen LogP contribution is 2.30. The van der Waals surface area contributed by atoms with Crippen LogP contribution in [0.2, 0.25) is 0 Å². The quantitative estimate of drug-likeness (QED) is 0.538. The van der Waals surface area contributed by atoms with Crippen molar-refractivity contribution in [1.82, 2.24) is 40.4 Å². The molecule has 27 heavy (non-hydrogen) atoms. The molecule has 136 valence electrons. The number of aromatic nitrogens is 8. The van der Waals surface area contributed by atoms with Crippen molar-refractivity contribution in [3.05, 3.63) is 48.8 Å². The Morgan fingerprint density at radius 3 is 2.56 bits per heavy atom. The lowest BCUT2D eigenvalue weighted by Gasteiger charge is -2.11. The molecule has 0 bridgehead atoms. The van der Waals surface area contributed by atoms with Gasteiger partial charge in [0.2, 0.25) is 5.82 Å². The largest absolute Gasteiger partial charge is 0.391 e. The summed E-state index contributed by atoms with van der Waals surface area (Å²) in [4.78, 5) is 8.77. The SMILES string of the molecule is CCC(O)Cn1nc(-c2ccncc2)nc1-c1ccccc1-c1nn[nH]n1. The van der Waals surface area contributed by atoms with Crippen molar-refractivity contribution in [3.8, 4) is 34.2 Å². The van der Waals surface area contributed by atoms with E-state index in [4.69, 9.17) is 4.98 Å². The van der Waals surface area contributed by atoms with Crippen LogP contribution in [0.1, 0.15) is 13.3 Å². The fourth-order valence-corrected chi connectivity index (χ4v) is 2.77. The number of aliphatic hydroxyl groups is 1. The Balaban J connectivity index is 1.86. The van der Waals surface area contributed by atoms with Gasteiger partial charge in [0.1, 0.15) is 0 Å². The van der Waals surface area contributed by atoms with Crippen LogP contribution in [-0.4, -0.2) is 51.6 Å². The third-order valence-electron chi connectivity index (χ3n) is 4.22. The predicted molar refractivity (Wildman–Crippen MR) is 98.2 cm³/mol. The van der Waals surface area contributed by atoms with Gasteiger partial charge in [0.25, 0.3) is 0 Å². The monoisotopic (exact) mass is 362 g/mol. The van der Waals surface area contributed by atoms with Crippen molar-refractivity contribution < 1.29 is 5.11 Å². The normalized spacial score (nSPS) is 12.2. The minimum absolute atomic E-state index is 0.338. The number of benzene rings is 1. The smallest absolute Gasteiger partial charge is 0.205 e. The molecule has 1 unspecified atom stereocenters. The van der Waals surface area contributed by atoms with Crippen LogP contribution in [0.25, 0.3) is 34.2 Å². The number of pyridine rings is 1. The van der Waals surface area contributed by atoms with Crippen LogP contribution in [0.3, 0.4) is 0 Å². The summed E-state index contributed by atoms with van der Waals surface area (Å²) in [5.41, 5.74) is 2.45. The van der Waals surface area contributed by atoms with Crippen LogP contribution in [0, 0.1) is 0 Å². The highest BCUT2D eigenvalue weighted by Gasteiger charge is 2.19. The lowest BCUT2D eigenvalue weighted by atomic mass is 10.1. The van der Waals surface area contributed by atoms with E-state index in [-0.39, 0.29) is 0 Å². The second-order valence-electron chi connectivity index (χ2n) is 6.02. The second-order valence-corrected chi connectivity index (χ2v) is 6.02. The van der Waals surface area contributed by atoms with Crippen LogP contribution < -0.4 is 0 Å². The Morgan fingerprint density at radius 1 is 1.07 bits per heavy atom. The Hall–Kier alpha value is -3.46. The van der Waals surface area contributed by atoms with Gasteiger partial charge in [-0.1, -0.05) is 31.2 Å². The molecular weight excluding hydrogens is 344 g/mol. The molecule has 3 heterocycles. The molecule has 1 aromatic carbocycles. The fraction of sp³-hybridized carbons (Fsp3) is 0.222. The summed E-state index contributed by atoms with van der Waals surface area (Å²) in [5.74, 6) is 1.68. The number of aromatic amines is 1. The Labute approximate surface area is 155 Å². The molecule has 9 nitrogen and oxygen atoms in total. The van der Waals surface area contributed by atoms with Crippen molar-refractivity contribution >= 4 is 0 Å². The van der Waals surface area contributed by atoms with Gasteiger partial charge in [-0.05, 0) is 23.8 Å². The minimum atomic E-state index is -0.520. The number of hydrogen-bond acceptors (Lipinski definition) is 7. The Kier molecular flexibility index (Phi) is 4.67. The number of nitrogens with zero attached hydrogens (tertiary/aromatic N) is 7. The van der Waals surface area contributed by atoms with Gasteiger partial charge >= 0.3 is 0 Å². The molecule has 0 radical (unpaired) electrons. The van der Waals surface area contributed by atoms with Crippen molar-refractivity contribution in [2.75, 3.05) is 0 Å². The number of H-pyrrole nitrogens is 1. The van der Waals surface area contributed by atoms with Gasteiger partial charge in [0.05, 0.1) is 12.6 Å². The molecule has 0 amide bonds. The van der Waals surface area contributed by atoms with Gasteiger partial charge in [0, 0.05) is 29.1 Å². The van der Waals surface area contributed by atoms with E-state index in [9.17, 15) is 5.11 Å². The van der Waals surface area contributed by atoms with Crippen LogP contribution in [0.4, 0.5) is 0 Å². The maximum atomic E-state index is 10.2. The van der Waals surface area contributed by atoms with Gasteiger partial charge in [-0.25, -0.2) is 9.67 Å². The number of tetrazole rings is 1. The maximum absolute atomic E-state index is 10.2. The number of aliphatic hydroxyl groups excluding tert-OH is 1. The van der Waals surface area contributed by atoms with Gasteiger partial charge in [0.15, 0.2) is 11.6 Å². The molecule has 0 aliphatic rings. The zero-order valence-electron chi connectivity index (χ0n) is 14.7. The van der Waals surface area contributed by atoms with Gasteiger partial charge < -0.3 is 5.11 Å². The molecular formula is C18H18N8O. The number of rotatable bonds is 6. The van der Waals surface area contributed by atoms with Crippen LogP contribution in [-0.2, 0) is 6.54 Å². The standard InChI is InChI=1S/C18H18N8O/c1-2-13(27)11-26-18(20-16(23-26)12-7-9-19-10-8-12)15-6-4-3-5-14(15)17-21-24-25-22-17/h3-10,13,27H,2,11H2,1H3,(H,21,22,24,25). The lowest BCUT2D eigenvalue weighted by molar-refractivity contribution is 0.146. The molecule has 4 rings (SSSR count). The first-order valence-corrected chi connectivity index (χ1v) is 8.62. The third kappa shape index (κ3) is 3.44. The molecule has 0 fully saturated rings. The van der Waals surface area contributed by atoms with E-state index >= 15 is 0 Å². The van der Waals surface area contributed by atoms with E-state index in [2.05, 4.69) is 30.7 Å². The first kappa shape index (κ1) is 17.0.